The first kappa shape index (κ1) is 13.4. The predicted octanol–water partition coefficient (Wildman–Crippen LogP) is 3.31. The molecule has 0 amide bonds. The Labute approximate surface area is 108 Å². The highest BCUT2D eigenvalue weighted by Crippen LogP contribution is 1.94. The molecule has 2 aromatic carbocycles. The molecular formula is C17H14O. The Morgan fingerprint density at radius 1 is 0.833 bits per heavy atom. The largest absolute Gasteiger partial charge is 0.450 e. The van der Waals surface area contributed by atoms with E-state index in [2.05, 4.69) is 22.7 Å². The molecule has 18 heavy (non-hydrogen) atoms. The van der Waals surface area contributed by atoms with Gasteiger partial charge in [-0.1, -0.05) is 42.3 Å². The van der Waals surface area contributed by atoms with Gasteiger partial charge >= 0.3 is 0 Å². The SMILES string of the molecule is C#Cc1ccccc1.COC#Cc1ccccc1. The van der Waals surface area contributed by atoms with E-state index in [1.807, 2.05) is 60.7 Å². The number of terminal acetylenes is 1. The van der Waals surface area contributed by atoms with Gasteiger partial charge < -0.3 is 4.74 Å². The summed E-state index contributed by atoms with van der Waals surface area (Å²) in [5.41, 5.74) is 1.91. The zero-order valence-electron chi connectivity index (χ0n) is 10.3. The molecule has 2 rings (SSSR count). The molecule has 0 radical (unpaired) electrons. The molecule has 0 aliphatic carbocycles. The first-order valence-electron chi connectivity index (χ1n) is 5.47. The standard InChI is InChI=1S/C9H8O.C8H6/c1-10-8-7-9-5-3-2-4-6-9;1-2-8-6-4-3-5-7-8/h2-6H,1H3;1,3-7H. The van der Waals surface area contributed by atoms with E-state index in [-0.39, 0.29) is 0 Å². The van der Waals surface area contributed by atoms with Gasteiger partial charge in [0, 0.05) is 11.1 Å². The van der Waals surface area contributed by atoms with Crippen LogP contribution in [0.3, 0.4) is 0 Å². The fraction of sp³-hybridized carbons (Fsp3) is 0.0588. The molecule has 0 aromatic heterocycles. The van der Waals surface area contributed by atoms with Gasteiger partial charge in [0.25, 0.3) is 0 Å². The number of benzene rings is 2. The Bertz CT molecular complexity index is 539. The fourth-order valence-electron chi connectivity index (χ4n) is 1.17. The Morgan fingerprint density at radius 3 is 1.72 bits per heavy atom. The van der Waals surface area contributed by atoms with Gasteiger partial charge in [-0.05, 0) is 30.2 Å². The van der Waals surface area contributed by atoms with Crippen LogP contribution in [0.4, 0.5) is 0 Å². The minimum atomic E-state index is 0.938. The van der Waals surface area contributed by atoms with E-state index in [1.54, 1.807) is 7.11 Å². The molecule has 0 aliphatic rings. The Morgan fingerprint density at radius 2 is 1.33 bits per heavy atom. The average molecular weight is 234 g/mol. The number of methoxy groups -OCH3 is 1. The highest BCUT2D eigenvalue weighted by molar-refractivity contribution is 5.32. The maximum atomic E-state index is 5.10. The van der Waals surface area contributed by atoms with Crippen molar-refractivity contribution in [3.05, 3.63) is 71.8 Å². The lowest BCUT2D eigenvalue weighted by Crippen LogP contribution is -1.71. The smallest absolute Gasteiger partial charge is 0.115 e. The second kappa shape index (κ2) is 8.50. The summed E-state index contributed by atoms with van der Waals surface area (Å²) in [7, 11) is 1.55. The van der Waals surface area contributed by atoms with E-state index in [0.717, 1.165) is 11.1 Å². The van der Waals surface area contributed by atoms with Gasteiger partial charge in [-0.25, -0.2) is 0 Å². The van der Waals surface area contributed by atoms with Crippen LogP contribution in [0.2, 0.25) is 0 Å². The van der Waals surface area contributed by atoms with Crippen LogP contribution >= 0.6 is 0 Å². The molecular weight excluding hydrogens is 220 g/mol. The second-order valence-electron chi connectivity index (χ2n) is 3.31. The van der Waals surface area contributed by atoms with Crippen molar-refractivity contribution in [3.8, 4) is 24.4 Å². The van der Waals surface area contributed by atoms with Crippen LogP contribution in [0.1, 0.15) is 11.1 Å². The molecule has 0 aliphatic heterocycles. The third-order valence-corrected chi connectivity index (χ3v) is 2.01. The molecule has 1 nitrogen and oxygen atoms in total. The van der Waals surface area contributed by atoms with Gasteiger partial charge in [0.1, 0.15) is 6.11 Å². The molecule has 0 bridgehead atoms. The Hall–Kier alpha value is -2.64. The second-order valence-corrected chi connectivity index (χ2v) is 3.31. The molecule has 0 saturated heterocycles. The van der Waals surface area contributed by atoms with Crippen molar-refractivity contribution in [1.29, 1.82) is 0 Å². The van der Waals surface area contributed by atoms with E-state index in [0.29, 0.717) is 0 Å². The first-order chi connectivity index (χ1) is 8.86. The summed E-state index contributed by atoms with van der Waals surface area (Å²) in [4.78, 5) is 0. The Balaban J connectivity index is 0.000000184. The highest BCUT2D eigenvalue weighted by Gasteiger charge is 1.79. The van der Waals surface area contributed by atoms with Crippen molar-refractivity contribution in [2.45, 2.75) is 0 Å². The van der Waals surface area contributed by atoms with Crippen molar-refractivity contribution < 1.29 is 4.74 Å². The number of hydrogen-bond acceptors (Lipinski definition) is 1. The molecule has 0 fully saturated rings. The van der Waals surface area contributed by atoms with E-state index >= 15 is 0 Å². The molecule has 0 N–H and O–H groups in total. The first-order valence-corrected chi connectivity index (χ1v) is 5.47. The van der Waals surface area contributed by atoms with Gasteiger partial charge in [0.2, 0.25) is 0 Å². The summed E-state index contributed by atoms with van der Waals surface area (Å²) < 4.78 is 4.58. The van der Waals surface area contributed by atoms with Crippen LogP contribution in [-0.4, -0.2) is 7.11 Å². The van der Waals surface area contributed by atoms with Crippen LogP contribution in [0.5, 0.6) is 0 Å². The summed E-state index contributed by atoms with van der Waals surface area (Å²) in [5.74, 6) is 5.35. The summed E-state index contributed by atoms with van der Waals surface area (Å²) in [6.07, 6.45) is 7.61. The van der Waals surface area contributed by atoms with Crippen LogP contribution in [0, 0.1) is 24.4 Å². The van der Waals surface area contributed by atoms with E-state index in [1.165, 1.54) is 0 Å². The summed E-state index contributed by atoms with van der Waals surface area (Å²) in [6, 6.07) is 19.3. The quantitative estimate of drug-likeness (QED) is 0.635. The minimum Gasteiger partial charge on any atom is -0.450 e. The van der Waals surface area contributed by atoms with Crippen molar-refractivity contribution in [3.63, 3.8) is 0 Å². The molecule has 0 atom stereocenters. The molecule has 0 spiro atoms. The minimum absolute atomic E-state index is 0.938. The zero-order chi connectivity index (χ0) is 13.1. The van der Waals surface area contributed by atoms with E-state index in [4.69, 9.17) is 6.42 Å². The zero-order valence-corrected chi connectivity index (χ0v) is 10.3. The summed E-state index contributed by atoms with van der Waals surface area (Å²) in [6.45, 7) is 0. The van der Waals surface area contributed by atoms with Gasteiger partial charge in [-0.2, -0.15) is 0 Å². The van der Waals surface area contributed by atoms with Crippen LogP contribution in [-0.2, 0) is 4.74 Å². The third-order valence-electron chi connectivity index (χ3n) is 2.01. The number of rotatable bonds is 0. The van der Waals surface area contributed by atoms with Gasteiger partial charge in [-0.3, -0.25) is 0 Å². The molecule has 88 valence electrons. The predicted molar refractivity (Wildman–Crippen MR) is 74.7 cm³/mol. The van der Waals surface area contributed by atoms with Crippen molar-refractivity contribution in [2.24, 2.45) is 0 Å². The lowest BCUT2D eigenvalue weighted by Gasteiger charge is -1.84. The maximum absolute atomic E-state index is 5.10. The lowest BCUT2D eigenvalue weighted by molar-refractivity contribution is 0.372. The lowest BCUT2D eigenvalue weighted by atomic mass is 10.2. The van der Waals surface area contributed by atoms with Gasteiger partial charge in [-0.15, -0.1) is 6.42 Å². The molecule has 0 unspecified atom stereocenters. The molecule has 0 saturated carbocycles. The Kier molecular flexibility index (Phi) is 6.34. The van der Waals surface area contributed by atoms with Crippen LogP contribution in [0.25, 0.3) is 0 Å². The fourth-order valence-corrected chi connectivity index (χ4v) is 1.17. The number of hydrogen-bond donors (Lipinski definition) is 0. The third kappa shape index (κ3) is 5.45. The molecule has 0 heterocycles. The average Bonchev–Trinajstić information content (AvgIpc) is 2.48. The van der Waals surface area contributed by atoms with Crippen LogP contribution < -0.4 is 0 Å². The van der Waals surface area contributed by atoms with Crippen molar-refractivity contribution in [1.82, 2.24) is 0 Å². The topological polar surface area (TPSA) is 9.23 Å². The monoisotopic (exact) mass is 234 g/mol. The molecule has 2 aromatic rings. The van der Waals surface area contributed by atoms with Crippen molar-refractivity contribution in [2.75, 3.05) is 7.11 Å². The van der Waals surface area contributed by atoms with E-state index < -0.39 is 0 Å². The van der Waals surface area contributed by atoms with E-state index in [9.17, 15) is 0 Å². The normalized spacial score (nSPS) is 7.78. The van der Waals surface area contributed by atoms with Gasteiger partial charge in [0.05, 0.1) is 7.11 Å². The number of ether oxygens (including phenoxy) is 1. The highest BCUT2D eigenvalue weighted by atomic mass is 16.5. The maximum Gasteiger partial charge on any atom is 0.115 e. The van der Waals surface area contributed by atoms with Crippen molar-refractivity contribution >= 4 is 0 Å². The summed E-state index contributed by atoms with van der Waals surface area (Å²) >= 11 is 0. The summed E-state index contributed by atoms with van der Waals surface area (Å²) in [5, 5.41) is 0. The molecule has 1 heteroatoms. The van der Waals surface area contributed by atoms with Gasteiger partial charge in [0.15, 0.2) is 0 Å². The van der Waals surface area contributed by atoms with Crippen LogP contribution in [0.15, 0.2) is 60.7 Å².